The highest BCUT2D eigenvalue weighted by Crippen LogP contribution is 2.32. The van der Waals surface area contributed by atoms with E-state index in [0.29, 0.717) is 18.4 Å². The van der Waals surface area contributed by atoms with Crippen LogP contribution in [0.1, 0.15) is 23.7 Å². The molecule has 0 aliphatic carbocycles. The number of aliphatic hydroxyl groups is 1. The monoisotopic (exact) mass is 396 g/mol. The minimum absolute atomic E-state index is 0.198. The number of carbonyl (C=O) groups excluding carboxylic acids is 2. The van der Waals surface area contributed by atoms with E-state index in [0.717, 1.165) is 0 Å². The molecule has 0 heterocycles. The number of rotatable bonds is 6. The maximum absolute atomic E-state index is 12.6. The van der Waals surface area contributed by atoms with Crippen molar-refractivity contribution in [1.82, 2.24) is 0 Å². The lowest BCUT2D eigenvalue weighted by atomic mass is 10.0. The van der Waals surface area contributed by atoms with Gasteiger partial charge in [0.05, 0.1) is 13.5 Å². The highest BCUT2D eigenvalue weighted by Gasteiger charge is 2.50. The van der Waals surface area contributed by atoms with E-state index in [2.05, 4.69) is 10.6 Å². The van der Waals surface area contributed by atoms with Gasteiger partial charge in [0.1, 0.15) is 5.75 Å². The molecule has 0 spiro atoms. The molecule has 0 aliphatic rings. The number of ether oxygens (including phenoxy) is 1. The van der Waals surface area contributed by atoms with Gasteiger partial charge >= 0.3 is 6.18 Å². The molecule has 2 rings (SSSR count). The average Bonchev–Trinajstić information content (AvgIpc) is 2.61. The summed E-state index contributed by atoms with van der Waals surface area (Å²) in [5.41, 5.74) is -2.09. The first-order valence-electron chi connectivity index (χ1n) is 8.16. The summed E-state index contributed by atoms with van der Waals surface area (Å²) < 4.78 is 42.9. The second-order valence-corrected chi connectivity index (χ2v) is 6.26. The van der Waals surface area contributed by atoms with Crippen LogP contribution in [-0.2, 0) is 4.79 Å². The van der Waals surface area contributed by atoms with Gasteiger partial charge in [-0.1, -0.05) is 0 Å². The number of alkyl halides is 3. The van der Waals surface area contributed by atoms with E-state index in [1.165, 1.54) is 31.4 Å². The van der Waals surface area contributed by atoms with Gasteiger partial charge in [-0.15, -0.1) is 0 Å². The van der Waals surface area contributed by atoms with Crippen LogP contribution in [0.4, 0.5) is 24.5 Å². The lowest BCUT2D eigenvalue weighted by Gasteiger charge is -2.25. The number of anilines is 2. The molecule has 0 radical (unpaired) electrons. The third kappa shape index (κ3) is 5.46. The van der Waals surface area contributed by atoms with Gasteiger partial charge in [0.15, 0.2) is 5.60 Å². The minimum Gasteiger partial charge on any atom is -0.497 e. The number of hydrogen-bond donors (Lipinski definition) is 3. The maximum atomic E-state index is 12.6. The van der Waals surface area contributed by atoms with E-state index < -0.39 is 30.0 Å². The fraction of sp³-hybridized carbons (Fsp3) is 0.263. The minimum atomic E-state index is -4.92. The Morgan fingerprint density at radius 3 is 1.96 bits per heavy atom. The van der Waals surface area contributed by atoms with Crippen LogP contribution in [0, 0.1) is 0 Å². The first kappa shape index (κ1) is 21.2. The SMILES string of the molecule is COc1ccc(NC(=O)c2ccc(NC(=O)C[C@](C)(O)C(F)(F)F)cc2)cc1. The van der Waals surface area contributed by atoms with Crippen LogP contribution in [0.3, 0.4) is 0 Å². The summed E-state index contributed by atoms with van der Waals surface area (Å²) >= 11 is 0. The molecule has 0 unspecified atom stereocenters. The van der Waals surface area contributed by atoms with Gasteiger partial charge in [0, 0.05) is 16.9 Å². The summed E-state index contributed by atoms with van der Waals surface area (Å²) in [5, 5.41) is 14.3. The Labute approximate surface area is 159 Å². The molecule has 0 aromatic heterocycles. The van der Waals surface area contributed by atoms with E-state index in [1.54, 1.807) is 24.3 Å². The van der Waals surface area contributed by atoms with Crippen LogP contribution in [0.15, 0.2) is 48.5 Å². The molecule has 1 atom stereocenters. The quantitative estimate of drug-likeness (QED) is 0.696. The van der Waals surface area contributed by atoms with E-state index in [-0.39, 0.29) is 11.3 Å². The van der Waals surface area contributed by atoms with Crippen molar-refractivity contribution in [1.29, 1.82) is 0 Å². The number of halogens is 3. The van der Waals surface area contributed by atoms with Crippen molar-refractivity contribution >= 4 is 23.2 Å². The summed E-state index contributed by atoms with van der Waals surface area (Å²) in [5.74, 6) is -0.761. The van der Waals surface area contributed by atoms with Gasteiger partial charge in [-0.3, -0.25) is 9.59 Å². The lowest BCUT2D eigenvalue weighted by molar-refractivity contribution is -0.252. The van der Waals surface area contributed by atoms with E-state index >= 15 is 0 Å². The fourth-order valence-corrected chi connectivity index (χ4v) is 2.20. The molecule has 2 amide bonds. The number of carbonyl (C=O) groups is 2. The Morgan fingerprint density at radius 2 is 1.46 bits per heavy atom. The largest absolute Gasteiger partial charge is 0.497 e. The summed E-state index contributed by atoms with van der Waals surface area (Å²) in [6.45, 7) is 0.527. The zero-order chi connectivity index (χ0) is 20.9. The number of hydrogen-bond acceptors (Lipinski definition) is 4. The summed E-state index contributed by atoms with van der Waals surface area (Å²) in [6, 6.07) is 12.3. The van der Waals surface area contributed by atoms with Crippen molar-refractivity contribution in [2.24, 2.45) is 0 Å². The number of nitrogens with one attached hydrogen (secondary N) is 2. The molecular formula is C19H19F3N2O4. The molecule has 150 valence electrons. The predicted octanol–water partition coefficient (Wildman–Crippen LogP) is 3.59. The molecule has 0 saturated carbocycles. The Bertz CT molecular complexity index is 832. The molecule has 9 heteroatoms. The van der Waals surface area contributed by atoms with Gasteiger partial charge in [-0.05, 0) is 55.5 Å². The molecular weight excluding hydrogens is 377 g/mol. The van der Waals surface area contributed by atoms with Crippen molar-refractivity contribution in [3.05, 3.63) is 54.1 Å². The predicted molar refractivity (Wildman–Crippen MR) is 97.3 cm³/mol. The highest BCUT2D eigenvalue weighted by molar-refractivity contribution is 6.04. The van der Waals surface area contributed by atoms with Crippen LogP contribution in [0.2, 0.25) is 0 Å². The van der Waals surface area contributed by atoms with Crippen molar-refractivity contribution in [2.45, 2.75) is 25.1 Å². The Morgan fingerprint density at radius 1 is 0.964 bits per heavy atom. The molecule has 2 aromatic carbocycles. The van der Waals surface area contributed by atoms with Crippen LogP contribution >= 0.6 is 0 Å². The third-order valence-electron chi connectivity index (χ3n) is 3.89. The molecule has 0 fully saturated rings. The van der Waals surface area contributed by atoms with Gasteiger partial charge in [-0.2, -0.15) is 13.2 Å². The first-order valence-corrected chi connectivity index (χ1v) is 8.16. The fourth-order valence-electron chi connectivity index (χ4n) is 2.20. The molecule has 0 aliphatic heterocycles. The second kappa shape index (κ2) is 8.30. The molecule has 0 bridgehead atoms. The number of amides is 2. The topological polar surface area (TPSA) is 87.7 Å². The second-order valence-electron chi connectivity index (χ2n) is 6.26. The van der Waals surface area contributed by atoms with Crippen molar-refractivity contribution in [3.8, 4) is 5.75 Å². The molecule has 3 N–H and O–H groups in total. The lowest BCUT2D eigenvalue weighted by Crippen LogP contribution is -2.44. The highest BCUT2D eigenvalue weighted by atomic mass is 19.4. The van der Waals surface area contributed by atoms with Crippen LogP contribution in [0.5, 0.6) is 5.75 Å². The molecule has 2 aromatic rings. The van der Waals surface area contributed by atoms with Crippen LogP contribution in [0.25, 0.3) is 0 Å². The van der Waals surface area contributed by atoms with Crippen molar-refractivity contribution < 1.29 is 32.6 Å². The zero-order valence-corrected chi connectivity index (χ0v) is 15.1. The van der Waals surface area contributed by atoms with Gasteiger partial charge in [-0.25, -0.2) is 0 Å². The summed E-state index contributed by atoms with van der Waals surface area (Å²) in [4.78, 5) is 23.9. The average molecular weight is 396 g/mol. The van der Waals surface area contributed by atoms with E-state index in [4.69, 9.17) is 4.74 Å². The van der Waals surface area contributed by atoms with E-state index in [9.17, 15) is 27.9 Å². The Hall–Kier alpha value is -3.07. The van der Waals surface area contributed by atoms with Crippen LogP contribution in [-0.4, -0.2) is 35.8 Å². The summed E-state index contributed by atoms with van der Waals surface area (Å²) in [7, 11) is 1.53. The van der Waals surface area contributed by atoms with Crippen molar-refractivity contribution in [3.63, 3.8) is 0 Å². The third-order valence-corrected chi connectivity index (χ3v) is 3.89. The van der Waals surface area contributed by atoms with Gasteiger partial charge in [0.25, 0.3) is 5.91 Å². The van der Waals surface area contributed by atoms with Gasteiger partial charge in [0.2, 0.25) is 5.91 Å². The molecule has 0 saturated heterocycles. The standard InChI is InChI=1S/C19H19F3N2O4/c1-18(27,19(20,21)22)11-16(25)23-13-5-3-12(4-6-13)17(26)24-14-7-9-15(28-2)10-8-14/h3-10,27H,11H2,1-2H3,(H,23,25)(H,24,26)/t18-/m0/s1. The molecule has 28 heavy (non-hydrogen) atoms. The van der Waals surface area contributed by atoms with Crippen molar-refractivity contribution in [2.75, 3.05) is 17.7 Å². The number of methoxy groups -OCH3 is 1. The normalized spacial score (nSPS) is 13.4. The first-order chi connectivity index (χ1) is 13.0. The Kier molecular flexibility index (Phi) is 6.30. The smallest absolute Gasteiger partial charge is 0.417 e. The van der Waals surface area contributed by atoms with Crippen LogP contribution < -0.4 is 15.4 Å². The maximum Gasteiger partial charge on any atom is 0.417 e. The van der Waals surface area contributed by atoms with Gasteiger partial charge < -0.3 is 20.5 Å². The Balaban J connectivity index is 1.96. The van der Waals surface area contributed by atoms with E-state index in [1.807, 2.05) is 0 Å². The number of benzene rings is 2. The zero-order valence-electron chi connectivity index (χ0n) is 15.1. The summed E-state index contributed by atoms with van der Waals surface area (Å²) in [6.07, 6.45) is -6.07. The molecule has 6 nitrogen and oxygen atoms in total.